The SMILES string of the molecule is COc1ccccc1C(=O)N1CCN(C)C(=O)C1C. The van der Waals surface area contributed by atoms with Gasteiger partial charge in [0, 0.05) is 20.1 Å². The monoisotopic (exact) mass is 262 g/mol. The normalized spacial score (nSPS) is 19.5. The van der Waals surface area contributed by atoms with E-state index in [1.165, 1.54) is 7.11 Å². The van der Waals surface area contributed by atoms with Gasteiger partial charge in [-0.05, 0) is 19.1 Å². The van der Waals surface area contributed by atoms with Crippen molar-refractivity contribution in [1.82, 2.24) is 9.80 Å². The van der Waals surface area contributed by atoms with Crippen LogP contribution in [0, 0.1) is 0 Å². The standard InChI is InChI=1S/C14H18N2O3/c1-10-13(17)15(2)8-9-16(10)14(18)11-6-4-5-7-12(11)19-3/h4-7,10H,8-9H2,1-3H3. The molecule has 1 aliphatic heterocycles. The topological polar surface area (TPSA) is 49.9 Å². The van der Waals surface area contributed by atoms with Crippen LogP contribution in [0.1, 0.15) is 17.3 Å². The molecule has 0 N–H and O–H groups in total. The summed E-state index contributed by atoms with van der Waals surface area (Å²) in [6.45, 7) is 2.86. The van der Waals surface area contributed by atoms with E-state index in [9.17, 15) is 9.59 Å². The largest absolute Gasteiger partial charge is 0.496 e. The fourth-order valence-electron chi connectivity index (χ4n) is 2.27. The van der Waals surface area contributed by atoms with Crippen LogP contribution >= 0.6 is 0 Å². The number of ether oxygens (including phenoxy) is 1. The van der Waals surface area contributed by atoms with Gasteiger partial charge in [-0.15, -0.1) is 0 Å². The number of methoxy groups -OCH3 is 1. The first-order valence-corrected chi connectivity index (χ1v) is 6.25. The number of hydrogen-bond acceptors (Lipinski definition) is 3. The Morgan fingerprint density at radius 1 is 1.32 bits per heavy atom. The maximum Gasteiger partial charge on any atom is 0.258 e. The highest BCUT2D eigenvalue weighted by atomic mass is 16.5. The molecule has 2 amide bonds. The molecule has 1 fully saturated rings. The molecule has 1 unspecified atom stereocenters. The Morgan fingerprint density at radius 3 is 2.68 bits per heavy atom. The van der Waals surface area contributed by atoms with Crippen LogP contribution in [-0.2, 0) is 4.79 Å². The number of hydrogen-bond donors (Lipinski definition) is 0. The maximum atomic E-state index is 12.5. The molecule has 1 aromatic rings. The summed E-state index contributed by atoms with van der Waals surface area (Å²) in [5.74, 6) is 0.340. The van der Waals surface area contributed by atoms with E-state index in [4.69, 9.17) is 4.74 Å². The lowest BCUT2D eigenvalue weighted by Gasteiger charge is -2.37. The van der Waals surface area contributed by atoms with Gasteiger partial charge in [0.1, 0.15) is 11.8 Å². The minimum Gasteiger partial charge on any atom is -0.496 e. The molecule has 5 heteroatoms. The highest BCUT2D eigenvalue weighted by molar-refractivity contribution is 6.00. The number of amides is 2. The third-order valence-corrected chi connectivity index (χ3v) is 3.48. The second-order valence-corrected chi connectivity index (χ2v) is 4.63. The molecule has 19 heavy (non-hydrogen) atoms. The summed E-state index contributed by atoms with van der Waals surface area (Å²) in [7, 11) is 3.29. The summed E-state index contributed by atoms with van der Waals surface area (Å²) in [4.78, 5) is 27.7. The van der Waals surface area contributed by atoms with Crippen LogP contribution in [0.3, 0.4) is 0 Å². The van der Waals surface area contributed by atoms with Crippen LogP contribution in [0.25, 0.3) is 0 Å². The van der Waals surface area contributed by atoms with Crippen LogP contribution in [0.5, 0.6) is 5.75 Å². The van der Waals surface area contributed by atoms with E-state index in [2.05, 4.69) is 0 Å². The molecule has 102 valence electrons. The first-order valence-electron chi connectivity index (χ1n) is 6.25. The number of benzene rings is 1. The lowest BCUT2D eigenvalue weighted by atomic mass is 10.1. The van der Waals surface area contributed by atoms with E-state index < -0.39 is 6.04 Å². The van der Waals surface area contributed by atoms with E-state index in [-0.39, 0.29) is 11.8 Å². The smallest absolute Gasteiger partial charge is 0.258 e. The van der Waals surface area contributed by atoms with E-state index in [1.54, 1.807) is 42.0 Å². The second-order valence-electron chi connectivity index (χ2n) is 4.63. The van der Waals surface area contributed by atoms with Crippen molar-refractivity contribution in [3.8, 4) is 5.75 Å². The minimum atomic E-state index is -0.434. The highest BCUT2D eigenvalue weighted by Gasteiger charge is 2.33. The number of likely N-dealkylation sites (N-methyl/N-ethyl adjacent to an activating group) is 1. The van der Waals surface area contributed by atoms with Gasteiger partial charge in [-0.3, -0.25) is 9.59 Å². The summed E-state index contributed by atoms with van der Waals surface area (Å²) in [6, 6.07) is 6.63. The van der Waals surface area contributed by atoms with Crippen molar-refractivity contribution in [1.29, 1.82) is 0 Å². The number of piperazine rings is 1. The Bertz CT molecular complexity index is 501. The predicted molar refractivity (Wildman–Crippen MR) is 71.1 cm³/mol. The molecule has 1 heterocycles. The predicted octanol–water partition coefficient (Wildman–Crippen LogP) is 0.998. The van der Waals surface area contributed by atoms with Crippen molar-refractivity contribution in [2.75, 3.05) is 27.2 Å². The van der Waals surface area contributed by atoms with Crippen molar-refractivity contribution in [2.24, 2.45) is 0 Å². The van der Waals surface area contributed by atoms with Gasteiger partial charge >= 0.3 is 0 Å². The Hall–Kier alpha value is -2.04. The summed E-state index contributed by atoms with van der Waals surface area (Å²) in [5.41, 5.74) is 0.495. The number of rotatable bonds is 2. The zero-order valence-electron chi connectivity index (χ0n) is 11.4. The molecule has 0 aliphatic carbocycles. The van der Waals surface area contributed by atoms with Gasteiger partial charge in [0.25, 0.3) is 5.91 Å². The van der Waals surface area contributed by atoms with Crippen molar-refractivity contribution in [3.05, 3.63) is 29.8 Å². The molecule has 2 rings (SSSR count). The zero-order chi connectivity index (χ0) is 14.0. The first-order chi connectivity index (χ1) is 9.06. The third-order valence-electron chi connectivity index (χ3n) is 3.48. The highest BCUT2D eigenvalue weighted by Crippen LogP contribution is 2.21. The zero-order valence-corrected chi connectivity index (χ0v) is 11.4. The van der Waals surface area contributed by atoms with Crippen LogP contribution in [0.15, 0.2) is 24.3 Å². The van der Waals surface area contributed by atoms with Gasteiger partial charge in [-0.25, -0.2) is 0 Å². The molecule has 0 radical (unpaired) electrons. The number of para-hydroxylation sites is 1. The second kappa shape index (κ2) is 5.30. The fourth-order valence-corrected chi connectivity index (χ4v) is 2.27. The maximum absolute atomic E-state index is 12.5. The number of carbonyl (C=O) groups excluding carboxylic acids is 2. The molecular formula is C14H18N2O3. The van der Waals surface area contributed by atoms with Gasteiger partial charge in [-0.2, -0.15) is 0 Å². The molecular weight excluding hydrogens is 244 g/mol. The molecule has 0 aromatic heterocycles. The molecule has 1 aromatic carbocycles. The van der Waals surface area contributed by atoms with Gasteiger partial charge < -0.3 is 14.5 Å². The van der Waals surface area contributed by atoms with Gasteiger partial charge in [-0.1, -0.05) is 12.1 Å². The average molecular weight is 262 g/mol. The van der Waals surface area contributed by atoms with Crippen LogP contribution < -0.4 is 4.74 Å². The summed E-state index contributed by atoms with van der Waals surface area (Å²) >= 11 is 0. The van der Waals surface area contributed by atoms with Crippen LogP contribution in [0.4, 0.5) is 0 Å². The van der Waals surface area contributed by atoms with E-state index >= 15 is 0 Å². The minimum absolute atomic E-state index is 0.0329. The van der Waals surface area contributed by atoms with Crippen molar-refractivity contribution in [3.63, 3.8) is 0 Å². The average Bonchev–Trinajstić information content (AvgIpc) is 2.44. The Morgan fingerprint density at radius 2 is 2.00 bits per heavy atom. The Kier molecular flexibility index (Phi) is 3.74. The van der Waals surface area contributed by atoms with Gasteiger partial charge in [0.05, 0.1) is 12.7 Å². The Labute approximate surface area is 112 Å². The fraction of sp³-hybridized carbons (Fsp3) is 0.429. The number of carbonyl (C=O) groups is 2. The van der Waals surface area contributed by atoms with E-state index in [1.807, 2.05) is 6.07 Å². The van der Waals surface area contributed by atoms with Crippen LogP contribution in [0.2, 0.25) is 0 Å². The van der Waals surface area contributed by atoms with Crippen molar-refractivity contribution < 1.29 is 14.3 Å². The molecule has 1 aliphatic rings. The summed E-state index contributed by atoms with van der Waals surface area (Å²) in [6.07, 6.45) is 0. The lowest BCUT2D eigenvalue weighted by Crippen LogP contribution is -2.56. The molecule has 0 spiro atoms. The first kappa shape index (κ1) is 13.4. The quantitative estimate of drug-likeness (QED) is 0.799. The van der Waals surface area contributed by atoms with Crippen molar-refractivity contribution >= 4 is 11.8 Å². The molecule has 1 atom stereocenters. The summed E-state index contributed by atoms with van der Waals surface area (Å²) < 4.78 is 5.20. The molecule has 1 saturated heterocycles. The van der Waals surface area contributed by atoms with E-state index in [0.717, 1.165) is 0 Å². The van der Waals surface area contributed by atoms with Gasteiger partial charge in [0.2, 0.25) is 5.91 Å². The summed E-state index contributed by atoms with van der Waals surface area (Å²) in [5, 5.41) is 0. The molecule has 5 nitrogen and oxygen atoms in total. The Balaban J connectivity index is 2.27. The lowest BCUT2D eigenvalue weighted by molar-refractivity contribution is -0.137. The van der Waals surface area contributed by atoms with E-state index in [0.29, 0.717) is 24.4 Å². The molecule has 0 bridgehead atoms. The molecule has 0 saturated carbocycles. The number of nitrogens with zero attached hydrogens (tertiary/aromatic N) is 2. The third kappa shape index (κ3) is 2.41. The van der Waals surface area contributed by atoms with Gasteiger partial charge in [0.15, 0.2) is 0 Å². The van der Waals surface area contributed by atoms with Crippen LogP contribution in [-0.4, -0.2) is 54.9 Å². The van der Waals surface area contributed by atoms with Crippen molar-refractivity contribution in [2.45, 2.75) is 13.0 Å².